The zero-order valence-corrected chi connectivity index (χ0v) is 6.87. The summed E-state index contributed by atoms with van der Waals surface area (Å²) in [6, 6.07) is 0. The van der Waals surface area contributed by atoms with Gasteiger partial charge in [-0.15, -0.1) is 12.4 Å². The van der Waals surface area contributed by atoms with Crippen LogP contribution in [0.3, 0.4) is 0 Å². The van der Waals surface area contributed by atoms with Crippen LogP contribution in [0, 0.1) is 0 Å². The zero-order chi connectivity index (χ0) is 0. The van der Waals surface area contributed by atoms with Crippen molar-refractivity contribution in [2.45, 2.75) is 0 Å². The minimum Gasteiger partial charge on any atom is -1.00 e. The minimum atomic E-state index is 0. The Morgan fingerprint density at radius 3 is 1.25 bits per heavy atom. The van der Waals surface area contributed by atoms with Gasteiger partial charge in [0.25, 0.3) is 0 Å². The monoisotopic (exact) mass is 166 g/mol. The fraction of sp³-hybridized carbons (Fsp3) is 0. The predicted octanol–water partition coefficient (Wildman–Crippen LogP) is 0.261. The van der Waals surface area contributed by atoms with E-state index in [1.165, 1.54) is 0 Å². The van der Waals surface area contributed by atoms with Crippen molar-refractivity contribution in [3.8, 4) is 0 Å². The van der Waals surface area contributed by atoms with E-state index in [4.69, 9.17) is 0 Å². The molecule has 0 aromatic heterocycles. The Morgan fingerprint density at radius 1 is 1.25 bits per heavy atom. The molecule has 24 valence electrons. The molecule has 0 unspecified atom stereocenters. The first kappa shape index (κ1) is 33.6. The van der Waals surface area contributed by atoms with E-state index in [1.54, 1.807) is 0 Å². The molecule has 0 saturated heterocycles. The molecule has 0 aromatic rings. The fourth-order valence-electron chi connectivity index (χ4n) is 0. The van der Waals surface area contributed by atoms with Gasteiger partial charge < -0.3 is 2.85 Å². The van der Waals surface area contributed by atoms with E-state index in [0.717, 1.165) is 0 Å². The van der Waals surface area contributed by atoms with Crippen LogP contribution >= 0.6 is 12.4 Å². The van der Waals surface area contributed by atoms with E-state index in [2.05, 4.69) is 0 Å². The Hall–Kier alpha value is 2.29. The molecule has 0 nitrogen and oxygen atoms in total. The van der Waals surface area contributed by atoms with Crippen molar-refractivity contribution in [1.29, 1.82) is 0 Å². The van der Waals surface area contributed by atoms with Crippen molar-refractivity contribution in [3.05, 3.63) is 0 Å². The molecule has 0 aromatic carbocycles. The fourth-order valence-corrected chi connectivity index (χ4v) is 0. The standard InChI is InChI=1S/ClH.Fe.Mg.Ti.2H/h1H;;;;;/q;;+2;;2*-1. The average Bonchev–Trinajstić information content (AvgIpc) is 0. The van der Waals surface area contributed by atoms with Gasteiger partial charge in [-0.2, -0.15) is 0 Å². The van der Waals surface area contributed by atoms with Crippen LogP contribution in [0.5, 0.6) is 0 Å². The van der Waals surface area contributed by atoms with E-state index < -0.39 is 0 Å². The maximum absolute atomic E-state index is 0. The molecule has 0 heterocycles. The van der Waals surface area contributed by atoms with Crippen molar-refractivity contribution in [3.63, 3.8) is 0 Å². The van der Waals surface area contributed by atoms with Crippen molar-refractivity contribution in [1.82, 2.24) is 0 Å². The Labute approximate surface area is 76.4 Å². The van der Waals surface area contributed by atoms with Gasteiger partial charge in [0.2, 0.25) is 0 Å². The van der Waals surface area contributed by atoms with Crippen LogP contribution in [0.15, 0.2) is 0 Å². The molecule has 4 heteroatoms. The van der Waals surface area contributed by atoms with Gasteiger partial charge in [0.05, 0.1) is 0 Å². The molecule has 0 aliphatic heterocycles. The molecule has 0 spiro atoms. The second-order valence-corrected chi connectivity index (χ2v) is 0. The van der Waals surface area contributed by atoms with E-state index in [1.807, 2.05) is 0 Å². The largest absolute Gasteiger partial charge is 2.00 e. The summed E-state index contributed by atoms with van der Waals surface area (Å²) in [5.74, 6) is 0. The molecule has 0 rings (SSSR count). The first-order valence-electron chi connectivity index (χ1n) is 0. The van der Waals surface area contributed by atoms with Gasteiger partial charge in [0.1, 0.15) is 0 Å². The Balaban J connectivity index is 0. The van der Waals surface area contributed by atoms with E-state index in [0.29, 0.717) is 0 Å². The average molecular weight is 166 g/mol. The zero-order valence-electron chi connectivity index (χ0n) is 3.97. The van der Waals surface area contributed by atoms with Crippen LogP contribution in [0.4, 0.5) is 0 Å². The quantitative estimate of drug-likeness (QED) is 0.453. The number of halogens is 1. The van der Waals surface area contributed by atoms with E-state index >= 15 is 0 Å². The van der Waals surface area contributed by atoms with Gasteiger partial charge in [0.15, 0.2) is 0 Å². The molecule has 4 heavy (non-hydrogen) atoms. The van der Waals surface area contributed by atoms with Crippen LogP contribution in [0.1, 0.15) is 2.85 Å². The van der Waals surface area contributed by atoms with Gasteiger partial charge in [-0.05, 0) is 0 Å². The van der Waals surface area contributed by atoms with Gasteiger partial charge in [-0.1, -0.05) is 0 Å². The molecule has 0 aliphatic carbocycles. The van der Waals surface area contributed by atoms with Crippen molar-refractivity contribution in [2.24, 2.45) is 0 Å². The Kier molecular flexibility index (Phi) is 156. The molecular weight excluding hydrogens is 163 g/mol. The summed E-state index contributed by atoms with van der Waals surface area (Å²) in [6.45, 7) is 0. The summed E-state index contributed by atoms with van der Waals surface area (Å²) in [6.07, 6.45) is 0. The third kappa shape index (κ3) is 8.85. The first-order valence-corrected chi connectivity index (χ1v) is 0. The van der Waals surface area contributed by atoms with Crippen LogP contribution in [-0.2, 0) is 38.8 Å². The summed E-state index contributed by atoms with van der Waals surface area (Å²) < 4.78 is 0. The SMILES string of the molecule is Cl.[Fe].[H-].[H-].[Mg+2].[Ti]. The second-order valence-electron chi connectivity index (χ2n) is 0. The van der Waals surface area contributed by atoms with Crippen LogP contribution in [-0.4, -0.2) is 23.1 Å². The van der Waals surface area contributed by atoms with Crippen LogP contribution in [0.2, 0.25) is 0 Å². The van der Waals surface area contributed by atoms with Gasteiger partial charge in [-0.3, -0.25) is 0 Å². The topological polar surface area (TPSA) is 0 Å². The molecule has 0 saturated carbocycles. The summed E-state index contributed by atoms with van der Waals surface area (Å²) in [7, 11) is 0. The summed E-state index contributed by atoms with van der Waals surface area (Å²) in [5, 5.41) is 0. The number of rotatable bonds is 0. The molecule has 0 bridgehead atoms. The summed E-state index contributed by atoms with van der Waals surface area (Å²) in [4.78, 5) is 0. The van der Waals surface area contributed by atoms with Crippen LogP contribution in [0.25, 0.3) is 0 Å². The molecule has 0 radical (unpaired) electrons. The van der Waals surface area contributed by atoms with Gasteiger partial charge in [0, 0.05) is 38.8 Å². The van der Waals surface area contributed by atoms with Crippen molar-refractivity contribution < 1.29 is 41.6 Å². The second kappa shape index (κ2) is 18.6. The molecule has 0 fully saturated rings. The van der Waals surface area contributed by atoms with Crippen LogP contribution < -0.4 is 0 Å². The summed E-state index contributed by atoms with van der Waals surface area (Å²) >= 11 is 0. The Bertz CT molecular complexity index is 13.5. The minimum absolute atomic E-state index is 0. The molecule has 0 N–H and O–H groups in total. The normalized spacial score (nSPS) is 0. The van der Waals surface area contributed by atoms with Gasteiger partial charge in [-0.25, -0.2) is 0 Å². The number of hydrogen-bond donors (Lipinski definition) is 0. The van der Waals surface area contributed by atoms with E-state index in [-0.39, 0.29) is 77.1 Å². The van der Waals surface area contributed by atoms with E-state index in [9.17, 15) is 0 Å². The maximum atomic E-state index is 0. The van der Waals surface area contributed by atoms with Crippen molar-refractivity contribution >= 4 is 35.5 Å². The van der Waals surface area contributed by atoms with Crippen molar-refractivity contribution in [2.75, 3.05) is 0 Å². The smallest absolute Gasteiger partial charge is 1.00 e. The Morgan fingerprint density at radius 2 is 1.25 bits per heavy atom. The first-order chi connectivity index (χ1) is 0. The number of hydrogen-bond acceptors (Lipinski definition) is 0. The van der Waals surface area contributed by atoms with Gasteiger partial charge >= 0.3 is 23.1 Å². The third-order valence-electron chi connectivity index (χ3n) is 0. The molecule has 0 aliphatic rings. The molecule has 0 amide bonds. The molecule has 0 atom stereocenters. The third-order valence-corrected chi connectivity index (χ3v) is 0. The molecular formula is H3ClFeMgTi. The maximum Gasteiger partial charge on any atom is 2.00 e. The summed E-state index contributed by atoms with van der Waals surface area (Å²) in [5.41, 5.74) is 0. The predicted molar refractivity (Wildman–Crippen MR) is 15.2 cm³/mol.